The van der Waals surface area contributed by atoms with Crippen LogP contribution in [0.15, 0.2) is 60.7 Å². The zero-order valence-corrected chi connectivity index (χ0v) is 19.6. The SMILES string of the molecule is CN(C)c1ccc(/C=C/c2cc(-c3cc(F)c(F)c(F)c3)c(C=O)cc2-c2cc(F)c(F)c(F)c2)cc1. The molecule has 0 spiro atoms. The fraction of sp³-hybridized carbons (Fsp3) is 0.0690. The highest BCUT2D eigenvalue weighted by Gasteiger charge is 2.18. The van der Waals surface area contributed by atoms with Crippen LogP contribution in [-0.2, 0) is 0 Å². The Morgan fingerprint density at radius 3 is 1.46 bits per heavy atom. The molecule has 0 atom stereocenters. The predicted molar refractivity (Wildman–Crippen MR) is 132 cm³/mol. The first-order valence-corrected chi connectivity index (χ1v) is 11.0. The van der Waals surface area contributed by atoms with Gasteiger partial charge in [-0.2, -0.15) is 0 Å². The second-order valence-corrected chi connectivity index (χ2v) is 8.47. The van der Waals surface area contributed by atoms with Crippen LogP contribution in [-0.4, -0.2) is 20.4 Å². The van der Waals surface area contributed by atoms with Gasteiger partial charge in [0.05, 0.1) is 0 Å². The summed E-state index contributed by atoms with van der Waals surface area (Å²) in [6.45, 7) is 0. The molecule has 188 valence electrons. The van der Waals surface area contributed by atoms with Gasteiger partial charge in [0.2, 0.25) is 0 Å². The van der Waals surface area contributed by atoms with Crippen LogP contribution in [0.2, 0.25) is 0 Å². The molecular weight excluding hydrogens is 492 g/mol. The molecule has 0 unspecified atom stereocenters. The van der Waals surface area contributed by atoms with Gasteiger partial charge in [-0.15, -0.1) is 0 Å². The van der Waals surface area contributed by atoms with Crippen molar-refractivity contribution in [1.82, 2.24) is 0 Å². The molecule has 2 nitrogen and oxygen atoms in total. The van der Waals surface area contributed by atoms with Crippen molar-refractivity contribution in [3.63, 3.8) is 0 Å². The Balaban J connectivity index is 1.93. The number of carbonyl (C=O) groups is 1. The molecule has 0 aliphatic heterocycles. The van der Waals surface area contributed by atoms with Crippen molar-refractivity contribution >= 4 is 24.1 Å². The van der Waals surface area contributed by atoms with Gasteiger partial charge < -0.3 is 4.90 Å². The van der Waals surface area contributed by atoms with E-state index in [4.69, 9.17) is 0 Å². The first kappa shape index (κ1) is 25.8. The third-order valence-electron chi connectivity index (χ3n) is 5.80. The molecule has 4 aromatic carbocycles. The molecule has 0 aromatic heterocycles. The summed E-state index contributed by atoms with van der Waals surface area (Å²) in [5.74, 6) is -9.06. The fourth-order valence-corrected chi connectivity index (χ4v) is 3.86. The summed E-state index contributed by atoms with van der Waals surface area (Å²) >= 11 is 0. The Kier molecular flexibility index (Phi) is 7.20. The lowest BCUT2D eigenvalue weighted by molar-refractivity contribution is 0.112. The number of halogens is 6. The maximum atomic E-state index is 14.0. The second-order valence-electron chi connectivity index (χ2n) is 8.47. The monoisotopic (exact) mass is 511 g/mol. The van der Waals surface area contributed by atoms with Crippen LogP contribution in [0.4, 0.5) is 32.0 Å². The van der Waals surface area contributed by atoms with E-state index in [-0.39, 0.29) is 27.8 Å². The third kappa shape index (κ3) is 5.28. The van der Waals surface area contributed by atoms with Crippen LogP contribution in [0.25, 0.3) is 34.4 Å². The average molecular weight is 511 g/mol. The molecule has 0 N–H and O–H groups in total. The Morgan fingerprint density at radius 1 is 0.595 bits per heavy atom. The molecule has 0 bridgehead atoms. The van der Waals surface area contributed by atoms with E-state index in [1.807, 2.05) is 43.3 Å². The Bertz CT molecular complexity index is 1480. The Hall–Kier alpha value is -4.33. The van der Waals surface area contributed by atoms with Crippen molar-refractivity contribution in [2.75, 3.05) is 19.0 Å². The minimum absolute atomic E-state index is 0.0576. The molecule has 0 saturated heterocycles. The van der Waals surface area contributed by atoms with E-state index >= 15 is 0 Å². The smallest absolute Gasteiger partial charge is 0.194 e. The molecule has 4 aromatic rings. The second kappa shape index (κ2) is 10.3. The van der Waals surface area contributed by atoms with Gasteiger partial charge in [-0.1, -0.05) is 24.3 Å². The van der Waals surface area contributed by atoms with Gasteiger partial charge in [0.1, 0.15) is 0 Å². The lowest BCUT2D eigenvalue weighted by Gasteiger charge is -2.14. The number of rotatable bonds is 6. The minimum Gasteiger partial charge on any atom is -0.378 e. The zero-order valence-electron chi connectivity index (χ0n) is 19.6. The van der Waals surface area contributed by atoms with E-state index in [1.165, 1.54) is 12.1 Å². The fourth-order valence-electron chi connectivity index (χ4n) is 3.86. The van der Waals surface area contributed by atoms with Gasteiger partial charge in [0.15, 0.2) is 41.2 Å². The van der Waals surface area contributed by atoms with Crippen molar-refractivity contribution in [2.24, 2.45) is 0 Å². The minimum atomic E-state index is -1.66. The molecule has 8 heteroatoms. The van der Waals surface area contributed by atoms with Gasteiger partial charge >= 0.3 is 0 Å². The number of benzene rings is 4. The molecule has 0 radical (unpaired) electrons. The largest absolute Gasteiger partial charge is 0.378 e. The van der Waals surface area contributed by atoms with Crippen LogP contribution in [0, 0.1) is 34.9 Å². The first-order chi connectivity index (χ1) is 17.6. The highest BCUT2D eigenvalue weighted by atomic mass is 19.2. The highest BCUT2D eigenvalue weighted by Crippen LogP contribution is 2.35. The van der Waals surface area contributed by atoms with Gasteiger partial charge in [0, 0.05) is 25.3 Å². The number of aldehydes is 1. The van der Waals surface area contributed by atoms with Crippen molar-refractivity contribution in [3.8, 4) is 22.3 Å². The summed E-state index contributed by atoms with van der Waals surface area (Å²) in [5.41, 5.74) is 1.96. The average Bonchev–Trinajstić information content (AvgIpc) is 2.88. The Morgan fingerprint density at radius 2 is 1.03 bits per heavy atom. The van der Waals surface area contributed by atoms with Gasteiger partial charge in [0.25, 0.3) is 0 Å². The molecule has 0 aliphatic rings. The third-order valence-corrected chi connectivity index (χ3v) is 5.80. The number of nitrogens with zero attached hydrogens (tertiary/aromatic N) is 1. The van der Waals surface area contributed by atoms with Crippen molar-refractivity contribution < 1.29 is 31.1 Å². The van der Waals surface area contributed by atoms with Crippen LogP contribution >= 0.6 is 0 Å². The highest BCUT2D eigenvalue weighted by molar-refractivity contribution is 5.94. The predicted octanol–water partition coefficient (Wildman–Crippen LogP) is 7.90. The van der Waals surface area contributed by atoms with E-state index in [0.29, 0.717) is 11.8 Å². The molecule has 4 rings (SSSR count). The Labute approximate surface area is 209 Å². The molecule has 0 saturated carbocycles. The molecule has 0 fully saturated rings. The summed E-state index contributed by atoms with van der Waals surface area (Å²) in [6.07, 6.45) is 3.65. The zero-order chi connectivity index (χ0) is 26.9. The van der Waals surface area contributed by atoms with Crippen LogP contribution in [0.5, 0.6) is 0 Å². The lowest BCUT2D eigenvalue weighted by Crippen LogP contribution is -2.07. The maximum Gasteiger partial charge on any atom is 0.194 e. The molecular formula is C29H19F6NO. The van der Waals surface area contributed by atoms with Crippen molar-refractivity contribution in [1.29, 1.82) is 0 Å². The summed E-state index contributed by atoms with van der Waals surface area (Å²) in [7, 11) is 3.77. The first-order valence-electron chi connectivity index (χ1n) is 11.0. The quantitative estimate of drug-likeness (QED) is 0.114. The molecule has 0 aliphatic carbocycles. The van der Waals surface area contributed by atoms with Crippen LogP contribution in [0.1, 0.15) is 21.5 Å². The standard InChI is InChI=1S/C29H19F6NO/c1-36(2)21-7-4-16(5-8-21)3-6-17-9-23(19-13-26(32)29(35)27(33)14-19)20(15-37)10-22(17)18-11-24(30)28(34)25(31)12-18/h3-15H,1-2H3/b6-3+. The van der Waals surface area contributed by atoms with E-state index in [9.17, 15) is 31.1 Å². The van der Waals surface area contributed by atoms with Crippen LogP contribution in [0.3, 0.4) is 0 Å². The maximum absolute atomic E-state index is 14.0. The molecule has 37 heavy (non-hydrogen) atoms. The van der Waals surface area contributed by atoms with E-state index in [0.717, 1.165) is 35.5 Å². The molecule has 0 amide bonds. The van der Waals surface area contributed by atoms with E-state index in [2.05, 4.69) is 0 Å². The van der Waals surface area contributed by atoms with Crippen LogP contribution < -0.4 is 4.90 Å². The van der Waals surface area contributed by atoms with Gasteiger partial charge in [-0.25, -0.2) is 26.3 Å². The topological polar surface area (TPSA) is 20.3 Å². The van der Waals surface area contributed by atoms with E-state index in [1.54, 1.807) is 12.2 Å². The summed E-state index contributed by atoms with van der Waals surface area (Å²) in [6, 6.07) is 13.1. The summed E-state index contributed by atoms with van der Waals surface area (Å²) in [4.78, 5) is 13.8. The number of anilines is 1. The normalized spacial score (nSPS) is 11.2. The number of carbonyl (C=O) groups excluding carboxylic acids is 1. The lowest BCUT2D eigenvalue weighted by atomic mass is 9.90. The number of hydrogen-bond acceptors (Lipinski definition) is 2. The summed E-state index contributed by atoms with van der Waals surface area (Å²) in [5, 5.41) is 0. The van der Waals surface area contributed by atoms with Crippen molar-refractivity contribution in [3.05, 3.63) is 112 Å². The number of hydrogen-bond donors (Lipinski definition) is 0. The van der Waals surface area contributed by atoms with Gasteiger partial charge in [-0.3, -0.25) is 4.79 Å². The summed E-state index contributed by atoms with van der Waals surface area (Å²) < 4.78 is 83.1. The van der Waals surface area contributed by atoms with E-state index < -0.39 is 34.9 Å². The van der Waals surface area contributed by atoms with Gasteiger partial charge in [-0.05, 0) is 81.9 Å². The van der Waals surface area contributed by atoms with Crippen molar-refractivity contribution in [2.45, 2.75) is 0 Å². The molecule has 0 heterocycles.